The fourth-order valence-corrected chi connectivity index (χ4v) is 7.75. The molecule has 2 aromatic rings. The summed E-state index contributed by atoms with van der Waals surface area (Å²) in [5, 5.41) is 0. The van der Waals surface area contributed by atoms with Crippen LogP contribution < -0.4 is 9.80 Å². The third kappa shape index (κ3) is 5.75. The number of piperazine rings is 1. The Morgan fingerprint density at radius 2 is 1.64 bits per heavy atom. The second kappa shape index (κ2) is 12.9. The van der Waals surface area contributed by atoms with Crippen LogP contribution in [-0.2, 0) is 26.5 Å². The lowest BCUT2D eigenvalue weighted by atomic mass is 9.87. The third-order valence-electron chi connectivity index (χ3n) is 8.81. The Morgan fingerprint density at radius 3 is 2.21 bits per heavy atom. The van der Waals surface area contributed by atoms with E-state index >= 15 is 0 Å². The second-order valence-corrected chi connectivity index (χ2v) is 14.7. The summed E-state index contributed by atoms with van der Waals surface area (Å²) in [7, 11) is -3.38. The molecule has 3 aliphatic heterocycles. The number of sulfone groups is 1. The number of carbonyl (C=O) groups is 1. The van der Waals surface area contributed by atoms with Crippen molar-refractivity contribution in [1.29, 1.82) is 0 Å². The van der Waals surface area contributed by atoms with E-state index in [1.165, 1.54) is 5.56 Å². The van der Waals surface area contributed by atoms with E-state index in [0.717, 1.165) is 48.0 Å². The van der Waals surface area contributed by atoms with E-state index in [4.69, 9.17) is 9.97 Å². The first-order chi connectivity index (χ1) is 19.8. The molecule has 5 heterocycles. The number of pyridine rings is 1. The van der Waals surface area contributed by atoms with Gasteiger partial charge in [0.1, 0.15) is 22.7 Å². The number of rotatable bonds is 5. The van der Waals surface area contributed by atoms with Crippen LogP contribution in [-0.4, -0.2) is 76.4 Å². The van der Waals surface area contributed by atoms with Crippen LogP contribution >= 0.6 is 0 Å². The zero-order valence-corrected chi connectivity index (χ0v) is 28.5. The molecule has 42 heavy (non-hydrogen) atoms. The van der Waals surface area contributed by atoms with Gasteiger partial charge in [0.15, 0.2) is 9.84 Å². The third-order valence-corrected chi connectivity index (χ3v) is 11.3. The van der Waals surface area contributed by atoms with Gasteiger partial charge in [-0.1, -0.05) is 54.9 Å². The molecule has 3 atom stereocenters. The highest BCUT2D eigenvalue weighted by Gasteiger charge is 2.57. The van der Waals surface area contributed by atoms with Crippen LogP contribution in [0.3, 0.4) is 0 Å². The van der Waals surface area contributed by atoms with E-state index < -0.39 is 14.6 Å². The van der Waals surface area contributed by atoms with Gasteiger partial charge in [0.05, 0.1) is 17.6 Å². The van der Waals surface area contributed by atoms with Crippen LogP contribution in [0.2, 0.25) is 0 Å². The molecular weight excluding hydrogens is 548 g/mol. The summed E-state index contributed by atoms with van der Waals surface area (Å²) in [6.07, 6.45) is 6.02. The van der Waals surface area contributed by atoms with Crippen molar-refractivity contribution < 1.29 is 13.2 Å². The predicted molar refractivity (Wildman–Crippen MR) is 173 cm³/mol. The molecule has 0 aliphatic carbocycles. The number of carbonyl (C=O) groups excluding carboxylic acids is 1. The zero-order valence-electron chi connectivity index (χ0n) is 27.7. The number of hydrogen-bond donors (Lipinski definition) is 0. The number of aromatic nitrogens is 3. The SMILES string of the molecule is CC.CC.CCCc1cc(N2CC(C)(C)c3c2ncnc3N2C[C@@H](C)N(C(=O)C3(C)CCS3(=O)=O)C[C@@H]2C)cnc1C. The number of anilines is 3. The first-order valence-corrected chi connectivity index (χ1v) is 17.3. The topological polar surface area (TPSA) is 99.6 Å². The molecule has 0 spiro atoms. The average molecular weight is 601 g/mol. The van der Waals surface area contributed by atoms with Crippen molar-refractivity contribution in [2.24, 2.45) is 0 Å². The minimum Gasteiger partial charge on any atom is -0.350 e. The number of fused-ring (bicyclic) bond motifs is 1. The molecule has 0 saturated carbocycles. The molecule has 2 saturated heterocycles. The van der Waals surface area contributed by atoms with E-state index in [2.05, 4.69) is 55.5 Å². The molecule has 1 amide bonds. The van der Waals surface area contributed by atoms with Crippen molar-refractivity contribution >= 4 is 33.1 Å². The Labute approximate surface area is 254 Å². The molecule has 0 aromatic carbocycles. The number of nitrogens with zero attached hydrogens (tertiary/aromatic N) is 6. The van der Waals surface area contributed by atoms with Gasteiger partial charge in [-0.3, -0.25) is 9.78 Å². The molecule has 0 N–H and O–H groups in total. The summed E-state index contributed by atoms with van der Waals surface area (Å²) in [5.74, 6) is 1.62. The van der Waals surface area contributed by atoms with Gasteiger partial charge in [-0.05, 0) is 52.2 Å². The Hall–Kier alpha value is -2.75. The highest BCUT2D eigenvalue weighted by Crippen LogP contribution is 2.47. The summed E-state index contributed by atoms with van der Waals surface area (Å²) in [6.45, 7) is 24.2. The Bertz CT molecular complexity index is 1380. The number of hydrogen-bond acceptors (Lipinski definition) is 8. The van der Waals surface area contributed by atoms with Crippen LogP contribution in [0.1, 0.15) is 98.9 Å². The van der Waals surface area contributed by atoms with Crippen LogP contribution in [0.25, 0.3) is 0 Å². The molecule has 0 bridgehead atoms. The predicted octanol–water partition coefficient (Wildman–Crippen LogP) is 5.62. The van der Waals surface area contributed by atoms with Crippen molar-refractivity contribution in [2.75, 3.05) is 35.2 Å². The van der Waals surface area contributed by atoms with Crippen molar-refractivity contribution in [3.05, 3.63) is 35.4 Å². The van der Waals surface area contributed by atoms with Crippen molar-refractivity contribution in [2.45, 2.75) is 118 Å². The fraction of sp³-hybridized carbons (Fsp3) is 0.688. The lowest BCUT2D eigenvalue weighted by Crippen LogP contribution is -2.66. The quantitative estimate of drug-likeness (QED) is 0.436. The first kappa shape index (κ1) is 33.7. The van der Waals surface area contributed by atoms with E-state index in [-0.39, 0.29) is 29.2 Å². The Morgan fingerprint density at radius 1 is 1.00 bits per heavy atom. The van der Waals surface area contributed by atoms with Gasteiger partial charge in [-0.15, -0.1) is 0 Å². The molecule has 2 aromatic heterocycles. The van der Waals surface area contributed by atoms with Gasteiger partial charge in [0.25, 0.3) is 0 Å². The monoisotopic (exact) mass is 600 g/mol. The van der Waals surface area contributed by atoms with Crippen LogP contribution in [0.4, 0.5) is 17.3 Å². The van der Waals surface area contributed by atoms with E-state index in [0.29, 0.717) is 19.5 Å². The van der Waals surface area contributed by atoms with Gasteiger partial charge >= 0.3 is 0 Å². The maximum absolute atomic E-state index is 13.4. The maximum atomic E-state index is 13.4. The average Bonchev–Trinajstić information content (AvgIpc) is 3.26. The van der Waals surface area contributed by atoms with Crippen molar-refractivity contribution in [1.82, 2.24) is 19.9 Å². The highest BCUT2D eigenvalue weighted by atomic mass is 32.2. The number of amides is 1. The minimum absolute atomic E-state index is 0.0254. The lowest BCUT2D eigenvalue weighted by molar-refractivity contribution is -0.137. The van der Waals surface area contributed by atoms with E-state index in [1.807, 2.05) is 40.8 Å². The second-order valence-electron chi connectivity index (χ2n) is 12.2. The Balaban J connectivity index is 0.00000116. The summed E-state index contributed by atoms with van der Waals surface area (Å²) in [5.41, 5.74) is 4.27. The standard InChI is InChI=1S/C28H40N6O3S.2C2H6/c1-8-9-21-12-22(13-29-20(21)4)34-16-27(5,6)23-24(30-17-31-25(23)34)32-14-19(3)33(15-18(32)2)26(35)28(7)10-11-38(28,36)37;2*1-2/h12-13,17-19H,8-11,14-16H2,1-7H3;2*1-2H3/t18-,19+,28?;;/m0../s1. The van der Waals surface area contributed by atoms with Crippen molar-refractivity contribution in [3.8, 4) is 0 Å². The molecule has 234 valence electrons. The Kier molecular flexibility index (Phi) is 10.3. The van der Waals surface area contributed by atoms with Crippen molar-refractivity contribution in [3.63, 3.8) is 0 Å². The molecule has 9 nitrogen and oxygen atoms in total. The zero-order chi connectivity index (χ0) is 31.6. The lowest BCUT2D eigenvalue weighted by Gasteiger charge is -2.49. The molecule has 10 heteroatoms. The fourth-order valence-electron chi connectivity index (χ4n) is 6.22. The van der Waals surface area contributed by atoms with Gasteiger partial charge in [0.2, 0.25) is 5.91 Å². The summed E-state index contributed by atoms with van der Waals surface area (Å²) in [4.78, 5) is 33.9. The summed E-state index contributed by atoms with van der Waals surface area (Å²) < 4.78 is 23.6. The molecule has 1 unspecified atom stereocenters. The van der Waals surface area contributed by atoms with E-state index in [9.17, 15) is 13.2 Å². The molecule has 0 radical (unpaired) electrons. The van der Waals surface area contributed by atoms with Gasteiger partial charge < -0.3 is 14.7 Å². The first-order valence-electron chi connectivity index (χ1n) is 15.7. The van der Waals surface area contributed by atoms with Crippen LogP contribution in [0.5, 0.6) is 0 Å². The molecule has 3 aliphatic rings. The summed E-state index contributed by atoms with van der Waals surface area (Å²) in [6, 6.07) is 2.07. The summed E-state index contributed by atoms with van der Waals surface area (Å²) >= 11 is 0. The largest absolute Gasteiger partial charge is 0.350 e. The highest BCUT2D eigenvalue weighted by molar-refractivity contribution is 7.95. The molecular formula is C32H52N6O3S. The van der Waals surface area contributed by atoms with Gasteiger partial charge in [0, 0.05) is 48.4 Å². The van der Waals surface area contributed by atoms with Crippen LogP contribution in [0.15, 0.2) is 18.6 Å². The number of aryl methyl sites for hydroxylation is 2. The normalized spacial score (nSPS) is 25.4. The van der Waals surface area contributed by atoms with Crippen LogP contribution in [0, 0.1) is 6.92 Å². The maximum Gasteiger partial charge on any atom is 0.244 e. The molecule has 5 rings (SSSR count). The minimum atomic E-state index is -3.38. The molecule has 2 fully saturated rings. The van der Waals surface area contributed by atoms with E-state index in [1.54, 1.807) is 18.2 Å². The van der Waals surface area contributed by atoms with Gasteiger partial charge in [-0.25, -0.2) is 18.4 Å². The smallest absolute Gasteiger partial charge is 0.244 e. The van der Waals surface area contributed by atoms with Gasteiger partial charge in [-0.2, -0.15) is 0 Å².